The summed E-state index contributed by atoms with van der Waals surface area (Å²) in [7, 11) is 1.69. The lowest BCUT2D eigenvalue weighted by Crippen LogP contribution is -2.58. The van der Waals surface area contributed by atoms with Crippen molar-refractivity contribution < 1.29 is 14.6 Å². The van der Waals surface area contributed by atoms with E-state index in [1.807, 2.05) is 18.3 Å². The summed E-state index contributed by atoms with van der Waals surface area (Å²) in [4.78, 5) is 21.9. The number of hydrogen-bond donors (Lipinski definition) is 1. The molecule has 0 aromatic carbocycles. The van der Waals surface area contributed by atoms with Crippen LogP contribution in [-0.2, 0) is 0 Å². The molecule has 3 aliphatic rings. The number of pyridine rings is 1. The van der Waals surface area contributed by atoms with Crippen LogP contribution in [0, 0.1) is 5.41 Å². The van der Waals surface area contributed by atoms with Crippen LogP contribution in [0.3, 0.4) is 0 Å². The zero-order valence-electron chi connectivity index (χ0n) is 14.7. The van der Waals surface area contributed by atoms with E-state index >= 15 is 0 Å². The van der Waals surface area contributed by atoms with Crippen molar-refractivity contribution in [2.24, 2.45) is 5.41 Å². The van der Waals surface area contributed by atoms with Gasteiger partial charge in [-0.05, 0) is 31.4 Å². The molecule has 2 aliphatic heterocycles. The highest BCUT2D eigenvalue weighted by Crippen LogP contribution is 2.47. The van der Waals surface area contributed by atoms with Gasteiger partial charge in [-0.2, -0.15) is 0 Å². The molecule has 1 saturated carbocycles. The average molecular weight is 346 g/mol. The second kappa shape index (κ2) is 6.37. The first kappa shape index (κ1) is 16.4. The summed E-state index contributed by atoms with van der Waals surface area (Å²) in [5, 5.41) is 9.07. The third kappa shape index (κ3) is 3.01. The van der Waals surface area contributed by atoms with Crippen LogP contribution in [0.5, 0.6) is 5.75 Å². The molecule has 4 rings (SSSR count). The van der Waals surface area contributed by atoms with E-state index in [4.69, 9.17) is 9.84 Å². The quantitative estimate of drug-likeness (QED) is 0.899. The summed E-state index contributed by atoms with van der Waals surface area (Å²) in [5.41, 5.74) is 0.254. The number of amides is 1. The molecule has 1 amide bonds. The highest BCUT2D eigenvalue weighted by atomic mass is 16.5. The second-order valence-corrected chi connectivity index (χ2v) is 7.59. The van der Waals surface area contributed by atoms with Crippen LogP contribution in [0.15, 0.2) is 18.3 Å². The molecule has 3 fully saturated rings. The number of carboxylic acid groups (broad SMARTS) is 1. The number of hydrogen-bond acceptors (Lipinski definition) is 5. The molecule has 1 aliphatic carbocycles. The summed E-state index contributed by atoms with van der Waals surface area (Å²) >= 11 is 0. The number of rotatable bonds is 3. The summed E-state index contributed by atoms with van der Waals surface area (Å²) < 4.78 is 5.43. The van der Waals surface area contributed by atoms with Gasteiger partial charge in [0.25, 0.3) is 0 Å². The van der Waals surface area contributed by atoms with E-state index in [-0.39, 0.29) is 5.41 Å². The van der Waals surface area contributed by atoms with E-state index in [0.717, 1.165) is 63.7 Å². The number of piperazine rings is 1. The van der Waals surface area contributed by atoms with Crippen LogP contribution in [0.2, 0.25) is 0 Å². The lowest BCUT2D eigenvalue weighted by atomic mass is 9.78. The van der Waals surface area contributed by atoms with Gasteiger partial charge < -0.3 is 19.6 Å². The van der Waals surface area contributed by atoms with Crippen molar-refractivity contribution in [2.75, 3.05) is 51.3 Å². The maximum Gasteiger partial charge on any atom is 0.407 e. The molecular weight excluding hydrogens is 320 g/mol. The lowest BCUT2D eigenvalue weighted by Gasteiger charge is -2.47. The molecule has 1 spiro atoms. The fraction of sp³-hybridized carbons (Fsp3) is 0.667. The van der Waals surface area contributed by atoms with Crippen LogP contribution in [-0.4, -0.2) is 78.4 Å². The SMILES string of the molecule is COc1cccnc1N1CCN([C@@H]2CCC3(C2)CN(C(=O)O)C3)CC1. The maximum atomic E-state index is 11.0. The van der Waals surface area contributed by atoms with Crippen molar-refractivity contribution in [1.82, 2.24) is 14.8 Å². The fourth-order valence-corrected chi connectivity index (χ4v) is 4.75. The first-order valence-electron chi connectivity index (χ1n) is 9.06. The Kier molecular flexibility index (Phi) is 4.19. The minimum absolute atomic E-state index is 0.254. The normalized spacial score (nSPS) is 25.9. The first-order valence-corrected chi connectivity index (χ1v) is 9.06. The van der Waals surface area contributed by atoms with Crippen molar-refractivity contribution in [2.45, 2.75) is 25.3 Å². The first-order chi connectivity index (χ1) is 12.1. The molecule has 0 bridgehead atoms. The molecule has 7 heteroatoms. The van der Waals surface area contributed by atoms with Crippen LogP contribution < -0.4 is 9.64 Å². The van der Waals surface area contributed by atoms with Crippen LogP contribution in [0.4, 0.5) is 10.6 Å². The predicted octanol–water partition coefficient (Wildman–Crippen LogP) is 1.74. The standard InChI is InChI=1S/C18H26N4O3/c1-25-15-3-2-6-19-16(15)21-9-7-20(8-10-21)14-4-5-18(11-14)12-22(13-18)17(23)24/h2-3,6,14H,4-5,7-13H2,1H3,(H,23,24)/t14-/m1/s1. The zero-order valence-corrected chi connectivity index (χ0v) is 14.7. The van der Waals surface area contributed by atoms with Crippen molar-refractivity contribution in [3.8, 4) is 5.75 Å². The van der Waals surface area contributed by atoms with E-state index in [0.29, 0.717) is 6.04 Å². The van der Waals surface area contributed by atoms with Gasteiger partial charge in [0.2, 0.25) is 0 Å². The summed E-state index contributed by atoms with van der Waals surface area (Å²) in [6.07, 6.45) is 4.54. The minimum atomic E-state index is -0.771. The van der Waals surface area contributed by atoms with Gasteiger partial charge in [-0.25, -0.2) is 9.78 Å². The molecule has 0 unspecified atom stereocenters. The number of nitrogens with zero attached hydrogens (tertiary/aromatic N) is 4. The Balaban J connectivity index is 1.32. The summed E-state index contributed by atoms with van der Waals surface area (Å²) in [5.74, 6) is 1.77. The Morgan fingerprint density at radius 3 is 2.76 bits per heavy atom. The Bertz CT molecular complexity index is 639. The van der Waals surface area contributed by atoms with Gasteiger partial charge in [0.1, 0.15) is 0 Å². The van der Waals surface area contributed by atoms with Gasteiger partial charge in [0.15, 0.2) is 11.6 Å². The fourth-order valence-electron chi connectivity index (χ4n) is 4.75. The lowest BCUT2D eigenvalue weighted by molar-refractivity contribution is 0.00903. The maximum absolute atomic E-state index is 11.0. The molecule has 7 nitrogen and oxygen atoms in total. The highest BCUT2D eigenvalue weighted by Gasteiger charge is 2.50. The van der Waals surface area contributed by atoms with Crippen molar-refractivity contribution in [3.63, 3.8) is 0 Å². The van der Waals surface area contributed by atoms with Crippen LogP contribution in [0.25, 0.3) is 0 Å². The molecule has 136 valence electrons. The van der Waals surface area contributed by atoms with E-state index in [2.05, 4.69) is 14.8 Å². The van der Waals surface area contributed by atoms with E-state index in [9.17, 15) is 4.79 Å². The van der Waals surface area contributed by atoms with Crippen LogP contribution >= 0.6 is 0 Å². The molecule has 1 atom stereocenters. The molecule has 3 heterocycles. The number of carbonyl (C=O) groups is 1. The number of ether oxygens (including phenoxy) is 1. The predicted molar refractivity (Wildman–Crippen MR) is 94.2 cm³/mol. The topological polar surface area (TPSA) is 69.1 Å². The summed E-state index contributed by atoms with van der Waals surface area (Å²) in [6.45, 7) is 5.43. The molecule has 1 aromatic heterocycles. The van der Waals surface area contributed by atoms with E-state index < -0.39 is 6.09 Å². The zero-order chi connectivity index (χ0) is 17.4. The Morgan fingerprint density at radius 1 is 1.32 bits per heavy atom. The molecule has 1 aromatic rings. The van der Waals surface area contributed by atoms with Gasteiger partial charge in [0, 0.05) is 56.9 Å². The largest absolute Gasteiger partial charge is 0.493 e. The Hall–Kier alpha value is -2.02. The van der Waals surface area contributed by atoms with Gasteiger partial charge in [-0.1, -0.05) is 0 Å². The third-order valence-electron chi connectivity index (χ3n) is 6.10. The number of aromatic nitrogens is 1. The Labute approximate surface area is 148 Å². The molecule has 2 saturated heterocycles. The summed E-state index contributed by atoms with van der Waals surface area (Å²) in [6, 6.07) is 4.46. The van der Waals surface area contributed by atoms with Crippen molar-refractivity contribution >= 4 is 11.9 Å². The van der Waals surface area contributed by atoms with E-state index in [1.54, 1.807) is 12.0 Å². The average Bonchev–Trinajstić information content (AvgIpc) is 3.06. The smallest absolute Gasteiger partial charge is 0.407 e. The molecular formula is C18H26N4O3. The van der Waals surface area contributed by atoms with Gasteiger partial charge >= 0.3 is 6.09 Å². The van der Waals surface area contributed by atoms with Crippen LogP contribution in [0.1, 0.15) is 19.3 Å². The van der Waals surface area contributed by atoms with Gasteiger partial charge in [-0.15, -0.1) is 0 Å². The van der Waals surface area contributed by atoms with E-state index in [1.165, 1.54) is 6.42 Å². The van der Waals surface area contributed by atoms with Crippen molar-refractivity contribution in [3.05, 3.63) is 18.3 Å². The van der Waals surface area contributed by atoms with Gasteiger partial charge in [0.05, 0.1) is 7.11 Å². The van der Waals surface area contributed by atoms with Gasteiger partial charge in [-0.3, -0.25) is 4.90 Å². The molecule has 0 radical (unpaired) electrons. The Morgan fingerprint density at radius 2 is 2.08 bits per heavy atom. The highest BCUT2D eigenvalue weighted by molar-refractivity contribution is 5.66. The monoisotopic (exact) mass is 346 g/mol. The number of anilines is 1. The second-order valence-electron chi connectivity index (χ2n) is 7.59. The number of methoxy groups -OCH3 is 1. The number of likely N-dealkylation sites (tertiary alicyclic amines) is 1. The third-order valence-corrected chi connectivity index (χ3v) is 6.10. The minimum Gasteiger partial charge on any atom is -0.493 e. The van der Waals surface area contributed by atoms with Crippen molar-refractivity contribution in [1.29, 1.82) is 0 Å². The molecule has 1 N–H and O–H groups in total. The molecule has 25 heavy (non-hydrogen) atoms.